The van der Waals surface area contributed by atoms with Crippen molar-refractivity contribution in [2.45, 2.75) is 6.42 Å². The summed E-state index contributed by atoms with van der Waals surface area (Å²) in [4.78, 5) is 10.3. The van der Waals surface area contributed by atoms with Crippen molar-refractivity contribution in [1.82, 2.24) is 0 Å². The van der Waals surface area contributed by atoms with Gasteiger partial charge in [0.15, 0.2) is 0 Å². The van der Waals surface area contributed by atoms with Crippen molar-refractivity contribution in [2.24, 2.45) is 0 Å². The molecule has 0 fully saturated rings. The smallest absolute Gasteiger partial charge is 0.269 e. The van der Waals surface area contributed by atoms with Crippen LogP contribution in [0.5, 0.6) is 5.75 Å². The fourth-order valence-electron chi connectivity index (χ4n) is 2.48. The Bertz CT molecular complexity index is 860. The number of hydrogen-bond donors (Lipinski definition) is 1. The van der Waals surface area contributed by atoms with E-state index in [1.807, 2.05) is 24.3 Å². The summed E-state index contributed by atoms with van der Waals surface area (Å²) < 4.78 is 0.979. The fourth-order valence-corrected chi connectivity index (χ4v) is 2.86. The van der Waals surface area contributed by atoms with E-state index < -0.39 is 4.92 Å². The van der Waals surface area contributed by atoms with Crippen molar-refractivity contribution in [3.63, 3.8) is 0 Å². The minimum Gasteiger partial charge on any atom is -0.508 e. The summed E-state index contributed by atoms with van der Waals surface area (Å²) in [6.07, 6.45) is 0.517. The number of fused-ring (bicyclic) bond motifs is 1. The molecule has 0 amide bonds. The first kappa shape index (κ1) is 14.5. The third-order valence-electron chi connectivity index (χ3n) is 3.60. The molecular formula is C17H12BrNO3. The molecule has 0 spiro atoms. The van der Waals surface area contributed by atoms with E-state index in [4.69, 9.17) is 0 Å². The van der Waals surface area contributed by atoms with E-state index >= 15 is 0 Å². The van der Waals surface area contributed by atoms with Crippen LogP contribution in [0.4, 0.5) is 5.69 Å². The van der Waals surface area contributed by atoms with Gasteiger partial charge in [-0.2, -0.15) is 0 Å². The van der Waals surface area contributed by atoms with Crippen molar-refractivity contribution in [1.29, 1.82) is 0 Å². The highest BCUT2D eigenvalue weighted by Crippen LogP contribution is 2.31. The molecule has 0 aromatic heterocycles. The van der Waals surface area contributed by atoms with Crippen LogP contribution >= 0.6 is 15.9 Å². The van der Waals surface area contributed by atoms with Crippen LogP contribution in [-0.2, 0) is 6.42 Å². The first-order valence-corrected chi connectivity index (χ1v) is 7.47. The van der Waals surface area contributed by atoms with E-state index in [9.17, 15) is 15.2 Å². The number of halogens is 1. The first-order chi connectivity index (χ1) is 10.5. The molecule has 0 atom stereocenters. The molecule has 5 heteroatoms. The lowest BCUT2D eigenvalue weighted by molar-refractivity contribution is -0.384. The van der Waals surface area contributed by atoms with E-state index in [0.29, 0.717) is 6.42 Å². The van der Waals surface area contributed by atoms with Crippen LogP contribution in [0.15, 0.2) is 59.1 Å². The zero-order valence-electron chi connectivity index (χ0n) is 11.5. The maximum Gasteiger partial charge on any atom is 0.269 e. The predicted octanol–water partition coefficient (Wildman–Crippen LogP) is 4.81. The Labute approximate surface area is 135 Å². The van der Waals surface area contributed by atoms with Crippen molar-refractivity contribution in [3.05, 3.63) is 80.3 Å². The number of benzene rings is 3. The quantitative estimate of drug-likeness (QED) is 0.540. The Morgan fingerprint density at radius 3 is 2.45 bits per heavy atom. The van der Waals surface area contributed by atoms with Gasteiger partial charge in [0.1, 0.15) is 5.75 Å². The molecule has 0 bridgehead atoms. The molecule has 0 saturated heterocycles. The predicted molar refractivity (Wildman–Crippen MR) is 89.2 cm³/mol. The average Bonchev–Trinajstić information content (AvgIpc) is 2.50. The van der Waals surface area contributed by atoms with Gasteiger partial charge in [-0.05, 0) is 34.5 Å². The summed E-state index contributed by atoms with van der Waals surface area (Å²) in [7, 11) is 0. The normalized spacial score (nSPS) is 10.8. The highest BCUT2D eigenvalue weighted by atomic mass is 79.9. The zero-order chi connectivity index (χ0) is 15.7. The monoisotopic (exact) mass is 357 g/mol. The number of nitro benzene ring substituents is 1. The molecule has 4 nitrogen and oxygen atoms in total. The van der Waals surface area contributed by atoms with Gasteiger partial charge in [0.05, 0.1) is 4.92 Å². The third-order valence-corrected chi connectivity index (χ3v) is 4.09. The van der Waals surface area contributed by atoms with Crippen LogP contribution in [0.1, 0.15) is 11.1 Å². The average molecular weight is 358 g/mol. The van der Waals surface area contributed by atoms with Gasteiger partial charge in [0.25, 0.3) is 5.69 Å². The number of rotatable bonds is 3. The molecule has 3 aromatic carbocycles. The van der Waals surface area contributed by atoms with Crippen LogP contribution in [0.25, 0.3) is 10.8 Å². The fraction of sp³-hybridized carbons (Fsp3) is 0.0588. The van der Waals surface area contributed by atoms with Gasteiger partial charge in [-0.15, -0.1) is 0 Å². The summed E-state index contributed by atoms with van der Waals surface area (Å²) in [5.41, 5.74) is 1.80. The first-order valence-electron chi connectivity index (χ1n) is 6.68. The molecule has 0 saturated carbocycles. The summed E-state index contributed by atoms with van der Waals surface area (Å²) in [6.45, 7) is 0. The Hall–Kier alpha value is -2.40. The molecule has 0 aliphatic carbocycles. The van der Waals surface area contributed by atoms with E-state index in [0.717, 1.165) is 26.4 Å². The van der Waals surface area contributed by atoms with E-state index in [-0.39, 0.29) is 11.4 Å². The Morgan fingerprint density at radius 2 is 1.77 bits per heavy atom. The second kappa shape index (κ2) is 5.77. The topological polar surface area (TPSA) is 63.4 Å². The van der Waals surface area contributed by atoms with Gasteiger partial charge in [0, 0.05) is 28.6 Å². The van der Waals surface area contributed by atoms with Crippen LogP contribution in [0.2, 0.25) is 0 Å². The van der Waals surface area contributed by atoms with Crippen LogP contribution in [-0.4, -0.2) is 10.0 Å². The zero-order valence-corrected chi connectivity index (χ0v) is 13.1. The number of nitro groups is 1. The molecule has 0 aliphatic heterocycles. The Morgan fingerprint density at radius 1 is 1.05 bits per heavy atom. The molecule has 22 heavy (non-hydrogen) atoms. The van der Waals surface area contributed by atoms with Crippen molar-refractivity contribution < 1.29 is 10.0 Å². The van der Waals surface area contributed by atoms with Gasteiger partial charge < -0.3 is 5.11 Å². The summed E-state index contributed by atoms with van der Waals surface area (Å²) in [6, 6.07) is 15.8. The minimum absolute atomic E-state index is 0.0647. The van der Waals surface area contributed by atoms with Gasteiger partial charge in [0.2, 0.25) is 0 Å². The number of phenols is 1. The maximum absolute atomic E-state index is 10.7. The van der Waals surface area contributed by atoms with Gasteiger partial charge in [-0.1, -0.05) is 40.2 Å². The standard InChI is InChI=1S/C17H12BrNO3/c18-13-4-7-15-12(10-13)3-8-17(20)16(15)9-11-1-5-14(6-2-11)19(21)22/h1-8,10,20H,9H2. The van der Waals surface area contributed by atoms with Crippen molar-refractivity contribution in [2.75, 3.05) is 0 Å². The molecule has 3 rings (SSSR count). The van der Waals surface area contributed by atoms with Gasteiger partial charge in [-0.3, -0.25) is 10.1 Å². The summed E-state index contributed by atoms with van der Waals surface area (Å²) >= 11 is 3.44. The summed E-state index contributed by atoms with van der Waals surface area (Å²) in [5, 5.41) is 22.9. The largest absolute Gasteiger partial charge is 0.508 e. The molecule has 110 valence electrons. The molecule has 0 unspecified atom stereocenters. The number of hydrogen-bond acceptors (Lipinski definition) is 3. The highest BCUT2D eigenvalue weighted by Gasteiger charge is 2.10. The molecule has 1 N–H and O–H groups in total. The van der Waals surface area contributed by atoms with E-state index in [1.54, 1.807) is 18.2 Å². The SMILES string of the molecule is O=[N+]([O-])c1ccc(Cc2c(O)ccc3cc(Br)ccc23)cc1. The Balaban J connectivity index is 2.02. The van der Waals surface area contributed by atoms with Gasteiger partial charge in [-0.25, -0.2) is 0 Å². The van der Waals surface area contributed by atoms with Crippen molar-refractivity contribution in [3.8, 4) is 5.75 Å². The lowest BCUT2D eigenvalue weighted by atomic mass is 9.97. The number of aromatic hydroxyl groups is 1. The highest BCUT2D eigenvalue weighted by molar-refractivity contribution is 9.10. The minimum atomic E-state index is -0.420. The second-order valence-electron chi connectivity index (χ2n) is 5.03. The van der Waals surface area contributed by atoms with Gasteiger partial charge >= 0.3 is 0 Å². The van der Waals surface area contributed by atoms with E-state index in [2.05, 4.69) is 15.9 Å². The second-order valence-corrected chi connectivity index (χ2v) is 5.94. The number of phenolic OH excluding ortho intramolecular Hbond substituents is 1. The number of nitrogens with zero attached hydrogens (tertiary/aromatic N) is 1. The van der Waals surface area contributed by atoms with Crippen LogP contribution < -0.4 is 0 Å². The maximum atomic E-state index is 10.7. The van der Waals surface area contributed by atoms with Crippen molar-refractivity contribution >= 4 is 32.4 Å². The molecular weight excluding hydrogens is 346 g/mol. The number of non-ortho nitro benzene ring substituents is 1. The lowest BCUT2D eigenvalue weighted by Crippen LogP contribution is -1.93. The van der Waals surface area contributed by atoms with E-state index in [1.165, 1.54) is 12.1 Å². The van der Waals surface area contributed by atoms with Crippen LogP contribution in [0, 0.1) is 10.1 Å². The van der Waals surface area contributed by atoms with Crippen LogP contribution in [0.3, 0.4) is 0 Å². The summed E-state index contributed by atoms with van der Waals surface area (Å²) in [5.74, 6) is 0.230. The Kier molecular flexibility index (Phi) is 3.81. The third kappa shape index (κ3) is 2.80. The lowest BCUT2D eigenvalue weighted by Gasteiger charge is -2.10. The molecule has 0 heterocycles. The molecule has 3 aromatic rings. The molecule has 0 aliphatic rings. The molecule has 0 radical (unpaired) electrons.